The van der Waals surface area contributed by atoms with Crippen LogP contribution in [0.15, 0.2) is 28.7 Å². The summed E-state index contributed by atoms with van der Waals surface area (Å²) in [5.74, 6) is 0. The Bertz CT molecular complexity index is 411. The standard InChI is InChI=1S/C16H25BrN2/c1-16(2,19-10-6-3-7-11-19)15(18)12-13-8-4-5-9-14(13)17/h4-5,8-9,15H,3,6-7,10-12,18H2,1-2H3. The van der Waals surface area contributed by atoms with Gasteiger partial charge in [0, 0.05) is 16.1 Å². The number of halogens is 1. The highest BCUT2D eigenvalue weighted by molar-refractivity contribution is 9.10. The van der Waals surface area contributed by atoms with Crippen molar-refractivity contribution in [2.45, 2.75) is 51.1 Å². The van der Waals surface area contributed by atoms with Crippen LogP contribution >= 0.6 is 15.9 Å². The SMILES string of the molecule is CC(C)(C(N)Cc1ccccc1Br)N1CCCCC1. The van der Waals surface area contributed by atoms with E-state index in [1.807, 2.05) is 0 Å². The lowest BCUT2D eigenvalue weighted by Crippen LogP contribution is -2.58. The van der Waals surface area contributed by atoms with E-state index in [2.05, 4.69) is 58.9 Å². The van der Waals surface area contributed by atoms with Crippen molar-refractivity contribution in [3.8, 4) is 0 Å². The van der Waals surface area contributed by atoms with Gasteiger partial charge in [0.05, 0.1) is 0 Å². The van der Waals surface area contributed by atoms with Gasteiger partial charge in [-0.3, -0.25) is 4.90 Å². The fourth-order valence-corrected chi connectivity index (χ4v) is 3.30. The predicted octanol–water partition coefficient (Wildman–Crippen LogP) is 3.58. The Labute approximate surface area is 125 Å². The van der Waals surface area contributed by atoms with Crippen LogP contribution in [-0.4, -0.2) is 29.6 Å². The van der Waals surface area contributed by atoms with Crippen LogP contribution in [0.2, 0.25) is 0 Å². The lowest BCUT2D eigenvalue weighted by molar-refractivity contribution is 0.0731. The summed E-state index contributed by atoms with van der Waals surface area (Å²) in [6.45, 7) is 6.97. The number of likely N-dealkylation sites (tertiary alicyclic amines) is 1. The Balaban J connectivity index is 2.05. The lowest BCUT2D eigenvalue weighted by Gasteiger charge is -2.44. The van der Waals surface area contributed by atoms with Crippen molar-refractivity contribution in [3.05, 3.63) is 34.3 Å². The topological polar surface area (TPSA) is 29.3 Å². The monoisotopic (exact) mass is 324 g/mol. The summed E-state index contributed by atoms with van der Waals surface area (Å²) in [5.41, 5.74) is 7.89. The molecule has 0 saturated carbocycles. The van der Waals surface area contributed by atoms with Crippen molar-refractivity contribution >= 4 is 15.9 Å². The molecule has 0 radical (unpaired) electrons. The van der Waals surface area contributed by atoms with Crippen molar-refractivity contribution in [1.29, 1.82) is 0 Å². The van der Waals surface area contributed by atoms with Crippen molar-refractivity contribution in [2.24, 2.45) is 5.73 Å². The molecule has 1 aromatic carbocycles. The molecular weight excluding hydrogens is 300 g/mol. The second kappa shape index (κ2) is 6.38. The second-order valence-electron chi connectivity index (χ2n) is 6.10. The highest BCUT2D eigenvalue weighted by Crippen LogP contribution is 2.26. The van der Waals surface area contributed by atoms with Crippen LogP contribution in [0, 0.1) is 0 Å². The van der Waals surface area contributed by atoms with Gasteiger partial charge in [0.25, 0.3) is 0 Å². The zero-order chi connectivity index (χ0) is 13.9. The summed E-state index contributed by atoms with van der Waals surface area (Å²) >= 11 is 3.62. The zero-order valence-corrected chi connectivity index (χ0v) is 13.6. The van der Waals surface area contributed by atoms with Gasteiger partial charge in [0.2, 0.25) is 0 Å². The average Bonchev–Trinajstić information content (AvgIpc) is 2.42. The van der Waals surface area contributed by atoms with Crippen LogP contribution in [0.5, 0.6) is 0 Å². The quantitative estimate of drug-likeness (QED) is 0.917. The molecule has 1 fully saturated rings. The number of nitrogens with zero attached hydrogens (tertiary/aromatic N) is 1. The van der Waals surface area contributed by atoms with Crippen LogP contribution in [-0.2, 0) is 6.42 Å². The van der Waals surface area contributed by atoms with Crippen LogP contribution in [0.4, 0.5) is 0 Å². The van der Waals surface area contributed by atoms with E-state index in [1.54, 1.807) is 0 Å². The van der Waals surface area contributed by atoms with Crippen LogP contribution in [0.25, 0.3) is 0 Å². The van der Waals surface area contributed by atoms with Gasteiger partial charge in [-0.05, 0) is 57.8 Å². The Kier molecular flexibility index (Phi) is 5.04. The van der Waals surface area contributed by atoms with E-state index in [0.717, 1.165) is 6.42 Å². The van der Waals surface area contributed by atoms with E-state index in [0.29, 0.717) is 0 Å². The molecule has 106 valence electrons. The fourth-order valence-electron chi connectivity index (χ4n) is 2.86. The van der Waals surface area contributed by atoms with Crippen molar-refractivity contribution < 1.29 is 0 Å². The molecule has 2 nitrogen and oxygen atoms in total. The molecule has 0 aliphatic carbocycles. The molecule has 1 aliphatic rings. The van der Waals surface area contributed by atoms with Crippen molar-refractivity contribution in [1.82, 2.24) is 4.90 Å². The Morgan fingerprint density at radius 1 is 1.21 bits per heavy atom. The maximum Gasteiger partial charge on any atom is 0.0307 e. The molecule has 2 N–H and O–H groups in total. The molecule has 1 heterocycles. The normalized spacial score (nSPS) is 19.4. The first-order valence-electron chi connectivity index (χ1n) is 7.26. The third-order valence-electron chi connectivity index (χ3n) is 4.48. The van der Waals surface area contributed by atoms with E-state index in [-0.39, 0.29) is 11.6 Å². The Hall–Kier alpha value is -0.380. The molecule has 0 spiro atoms. The number of hydrogen-bond acceptors (Lipinski definition) is 2. The van der Waals surface area contributed by atoms with Crippen LogP contribution in [0.1, 0.15) is 38.7 Å². The van der Waals surface area contributed by atoms with Gasteiger partial charge in [-0.25, -0.2) is 0 Å². The number of hydrogen-bond donors (Lipinski definition) is 1. The first-order chi connectivity index (χ1) is 9.01. The minimum Gasteiger partial charge on any atom is -0.326 e. The summed E-state index contributed by atoms with van der Waals surface area (Å²) in [7, 11) is 0. The van der Waals surface area contributed by atoms with E-state index in [4.69, 9.17) is 5.73 Å². The van der Waals surface area contributed by atoms with E-state index in [1.165, 1.54) is 42.4 Å². The minimum absolute atomic E-state index is 0.0652. The van der Waals surface area contributed by atoms with Crippen molar-refractivity contribution in [3.63, 3.8) is 0 Å². The van der Waals surface area contributed by atoms with Gasteiger partial charge in [-0.2, -0.15) is 0 Å². The third-order valence-corrected chi connectivity index (χ3v) is 5.25. The smallest absolute Gasteiger partial charge is 0.0307 e. The summed E-state index contributed by atoms with van der Waals surface area (Å²) in [6.07, 6.45) is 4.91. The molecule has 1 atom stereocenters. The summed E-state index contributed by atoms with van der Waals surface area (Å²) in [5, 5.41) is 0. The van der Waals surface area contributed by atoms with Crippen LogP contribution in [0.3, 0.4) is 0 Å². The summed E-state index contributed by atoms with van der Waals surface area (Å²) in [6, 6.07) is 8.55. The Morgan fingerprint density at radius 2 is 1.84 bits per heavy atom. The zero-order valence-electron chi connectivity index (χ0n) is 12.0. The van der Waals surface area contributed by atoms with Gasteiger partial charge in [0.1, 0.15) is 0 Å². The molecule has 0 amide bonds. The molecule has 0 aromatic heterocycles. The van der Waals surface area contributed by atoms with E-state index >= 15 is 0 Å². The maximum atomic E-state index is 6.52. The number of piperidine rings is 1. The van der Waals surface area contributed by atoms with Gasteiger partial charge in [-0.15, -0.1) is 0 Å². The molecule has 3 heteroatoms. The highest BCUT2D eigenvalue weighted by Gasteiger charge is 2.33. The first-order valence-corrected chi connectivity index (χ1v) is 8.05. The average molecular weight is 325 g/mol. The van der Waals surface area contributed by atoms with Gasteiger partial charge < -0.3 is 5.73 Å². The molecule has 2 rings (SSSR count). The summed E-state index contributed by atoms with van der Waals surface area (Å²) < 4.78 is 1.17. The number of benzene rings is 1. The minimum atomic E-state index is 0.0652. The molecule has 1 unspecified atom stereocenters. The largest absolute Gasteiger partial charge is 0.326 e. The van der Waals surface area contributed by atoms with Crippen molar-refractivity contribution in [2.75, 3.05) is 13.1 Å². The molecule has 19 heavy (non-hydrogen) atoms. The molecule has 1 saturated heterocycles. The maximum absolute atomic E-state index is 6.52. The van der Waals surface area contributed by atoms with Gasteiger partial charge in [-0.1, -0.05) is 40.5 Å². The van der Waals surface area contributed by atoms with Gasteiger partial charge in [0.15, 0.2) is 0 Å². The number of nitrogens with two attached hydrogens (primary N) is 1. The van der Waals surface area contributed by atoms with E-state index < -0.39 is 0 Å². The first kappa shape index (κ1) is 15.0. The van der Waals surface area contributed by atoms with E-state index in [9.17, 15) is 0 Å². The molecule has 1 aliphatic heterocycles. The van der Waals surface area contributed by atoms with Gasteiger partial charge >= 0.3 is 0 Å². The lowest BCUT2D eigenvalue weighted by atomic mass is 9.87. The number of rotatable bonds is 4. The summed E-state index contributed by atoms with van der Waals surface area (Å²) in [4.78, 5) is 2.57. The third kappa shape index (κ3) is 3.59. The molecule has 0 bridgehead atoms. The highest BCUT2D eigenvalue weighted by atomic mass is 79.9. The predicted molar refractivity (Wildman–Crippen MR) is 85.3 cm³/mol. The van der Waals surface area contributed by atoms with Crippen LogP contribution < -0.4 is 5.73 Å². The second-order valence-corrected chi connectivity index (χ2v) is 6.96. The Morgan fingerprint density at radius 3 is 2.47 bits per heavy atom. The fraction of sp³-hybridized carbons (Fsp3) is 0.625. The molecular formula is C16H25BrN2. The molecule has 1 aromatic rings.